The van der Waals surface area contributed by atoms with Crippen LogP contribution < -0.4 is 10.5 Å². The number of methoxy groups -OCH3 is 1. The molecule has 5 heteroatoms. The lowest BCUT2D eigenvalue weighted by Crippen LogP contribution is -2.25. The van der Waals surface area contributed by atoms with Gasteiger partial charge >= 0.3 is 0 Å². The number of benzene rings is 1. The summed E-state index contributed by atoms with van der Waals surface area (Å²) in [5.41, 5.74) is 5.55. The van der Waals surface area contributed by atoms with Gasteiger partial charge in [-0.2, -0.15) is 0 Å². The van der Waals surface area contributed by atoms with Crippen LogP contribution in [0.3, 0.4) is 0 Å². The molecule has 15 heavy (non-hydrogen) atoms. The molecule has 0 radical (unpaired) electrons. The van der Waals surface area contributed by atoms with Gasteiger partial charge in [-0.1, -0.05) is 11.6 Å². The van der Waals surface area contributed by atoms with Crippen LogP contribution in [0, 0.1) is 5.82 Å². The van der Waals surface area contributed by atoms with Crippen molar-refractivity contribution in [2.75, 3.05) is 7.11 Å². The number of aliphatic hydroxyl groups is 1. The molecule has 0 heterocycles. The molecule has 0 aliphatic rings. The summed E-state index contributed by atoms with van der Waals surface area (Å²) in [5.74, 6) is -0.462. The molecule has 1 aromatic carbocycles. The van der Waals surface area contributed by atoms with Crippen molar-refractivity contribution in [2.24, 2.45) is 5.73 Å². The highest BCUT2D eigenvalue weighted by Gasteiger charge is 2.20. The third-order valence-corrected chi connectivity index (χ3v) is 2.47. The van der Waals surface area contributed by atoms with Crippen molar-refractivity contribution in [2.45, 2.75) is 19.1 Å². The molecule has 0 spiro atoms. The smallest absolute Gasteiger partial charge is 0.151 e. The number of halogens is 2. The zero-order valence-electron chi connectivity index (χ0n) is 8.50. The van der Waals surface area contributed by atoms with E-state index in [4.69, 9.17) is 22.1 Å². The molecule has 1 rings (SSSR count). The SMILES string of the molecule is COc1ccc(C(O)C(C)N)c(F)c1Cl. The summed E-state index contributed by atoms with van der Waals surface area (Å²) in [4.78, 5) is 0. The Morgan fingerprint density at radius 3 is 2.60 bits per heavy atom. The summed E-state index contributed by atoms with van der Waals surface area (Å²) >= 11 is 5.70. The Balaban J connectivity index is 3.17. The van der Waals surface area contributed by atoms with Crippen LogP contribution in [0.4, 0.5) is 4.39 Å². The average Bonchev–Trinajstić information content (AvgIpc) is 2.21. The first kappa shape index (κ1) is 12.2. The summed E-state index contributed by atoms with van der Waals surface area (Å²) in [6, 6.07) is 2.34. The molecule has 1 aromatic rings. The summed E-state index contributed by atoms with van der Waals surface area (Å²) < 4.78 is 18.5. The molecular weight excluding hydrogens is 221 g/mol. The van der Waals surface area contributed by atoms with E-state index < -0.39 is 18.0 Å². The van der Waals surface area contributed by atoms with E-state index in [0.29, 0.717) is 0 Å². The summed E-state index contributed by atoms with van der Waals surface area (Å²) in [5, 5.41) is 9.46. The van der Waals surface area contributed by atoms with Crippen molar-refractivity contribution in [1.29, 1.82) is 0 Å². The Hall–Kier alpha value is -0.840. The fourth-order valence-electron chi connectivity index (χ4n) is 1.22. The highest BCUT2D eigenvalue weighted by molar-refractivity contribution is 6.32. The summed E-state index contributed by atoms with van der Waals surface area (Å²) in [6.07, 6.45) is -1.08. The lowest BCUT2D eigenvalue weighted by Gasteiger charge is -2.16. The topological polar surface area (TPSA) is 55.5 Å². The molecule has 3 nitrogen and oxygen atoms in total. The standard InChI is InChI=1S/C10H13ClFNO2/c1-5(13)10(14)6-3-4-7(15-2)8(11)9(6)12/h3-5,10,14H,13H2,1-2H3. The number of aliphatic hydroxyl groups excluding tert-OH is 1. The first-order valence-electron chi connectivity index (χ1n) is 4.44. The van der Waals surface area contributed by atoms with Gasteiger partial charge in [0.2, 0.25) is 0 Å². The first-order chi connectivity index (χ1) is 6.99. The van der Waals surface area contributed by atoms with Gasteiger partial charge in [-0.25, -0.2) is 4.39 Å². The van der Waals surface area contributed by atoms with Gasteiger partial charge in [-0.15, -0.1) is 0 Å². The van der Waals surface area contributed by atoms with Gasteiger partial charge in [0.1, 0.15) is 10.8 Å². The molecule has 0 amide bonds. The van der Waals surface area contributed by atoms with E-state index in [-0.39, 0.29) is 16.3 Å². The number of ether oxygens (including phenoxy) is 1. The molecule has 0 bridgehead atoms. The van der Waals surface area contributed by atoms with Crippen molar-refractivity contribution in [3.05, 3.63) is 28.5 Å². The highest BCUT2D eigenvalue weighted by atomic mass is 35.5. The van der Waals surface area contributed by atoms with Crippen LogP contribution >= 0.6 is 11.6 Å². The van der Waals surface area contributed by atoms with Gasteiger partial charge in [-0.05, 0) is 19.1 Å². The Morgan fingerprint density at radius 2 is 2.13 bits per heavy atom. The summed E-state index contributed by atoms with van der Waals surface area (Å²) in [6.45, 7) is 1.59. The van der Waals surface area contributed by atoms with Crippen molar-refractivity contribution < 1.29 is 14.2 Å². The third-order valence-electron chi connectivity index (χ3n) is 2.11. The van der Waals surface area contributed by atoms with Crippen LogP contribution in [0.25, 0.3) is 0 Å². The van der Waals surface area contributed by atoms with Crippen molar-refractivity contribution >= 4 is 11.6 Å². The molecule has 0 aliphatic heterocycles. The van der Waals surface area contributed by atoms with E-state index in [1.807, 2.05) is 0 Å². The lowest BCUT2D eigenvalue weighted by molar-refractivity contribution is 0.149. The Morgan fingerprint density at radius 1 is 1.53 bits per heavy atom. The molecule has 0 saturated heterocycles. The second-order valence-electron chi connectivity index (χ2n) is 3.29. The molecule has 2 unspecified atom stereocenters. The predicted octanol–water partition coefficient (Wildman–Crippen LogP) is 1.87. The molecule has 0 saturated carbocycles. The zero-order valence-corrected chi connectivity index (χ0v) is 9.25. The van der Waals surface area contributed by atoms with Gasteiger partial charge in [0.15, 0.2) is 5.82 Å². The van der Waals surface area contributed by atoms with Crippen LogP contribution in [-0.4, -0.2) is 18.3 Å². The number of nitrogens with two attached hydrogens (primary N) is 1. The lowest BCUT2D eigenvalue weighted by atomic mass is 10.0. The van der Waals surface area contributed by atoms with E-state index in [2.05, 4.69) is 0 Å². The average molecular weight is 234 g/mol. The maximum absolute atomic E-state index is 13.6. The van der Waals surface area contributed by atoms with Gasteiger partial charge < -0.3 is 15.6 Å². The number of rotatable bonds is 3. The second kappa shape index (κ2) is 4.79. The third kappa shape index (κ3) is 2.40. The zero-order chi connectivity index (χ0) is 11.6. The van der Waals surface area contributed by atoms with E-state index in [0.717, 1.165) is 0 Å². The largest absolute Gasteiger partial charge is 0.495 e. The van der Waals surface area contributed by atoms with E-state index in [1.165, 1.54) is 19.2 Å². The molecule has 0 aromatic heterocycles. The predicted molar refractivity (Wildman–Crippen MR) is 56.6 cm³/mol. The Kier molecular flexibility index (Phi) is 3.90. The molecule has 3 N–H and O–H groups in total. The van der Waals surface area contributed by atoms with Gasteiger partial charge in [-0.3, -0.25) is 0 Å². The number of hydrogen-bond donors (Lipinski definition) is 2. The van der Waals surface area contributed by atoms with E-state index in [9.17, 15) is 9.50 Å². The fraction of sp³-hybridized carbons (Fsp3) is 0.400. The maximum atomic E-state index is 13.6. The van der Waals surface area contributed by atoms with Gasteiger partial charge in [0.25, 0.3) is 0 Å². The van der Waals surface area contributed by atoms with Crippen molar-refractivity contribution in [1.82, 2.24) is 0 Å². The normalized spacial score (nSPS) is 14.8. The minimum Gasteiger partial charge on any atom is -0.495 e. The van der Waals surface area contributed by atoms with E-state index in [1.54, 1.807) is 6.92 Å². The molecular formula is C10H13ClFNO2. The minimum absolute atomic E-state index is 0.0794. The van der Waals surface area contributed by atoms with Crippen LogP contribution in [0.15, 0.2) is 12.1 Å². The first-order valence-corrected chi connectivity index (χ1v) is 4.82. The van der Waals surface area contributed by atoms with Gasteiger partial charge in [0.05, 0.1) is 13.2 Å². The number of hydrogen-bond acceptors (Lipinski definition) is 3. The fourth-order valence-corrected chi connectivity index (χ4v) is 1.47. The summed E-state index contributed by atoms with van der Waals surface area (Å²) in [7, 11) is 1.39. The van der Waals surface area contributed by atoms with Crippen LogP contribution in [-0.2, 0) is 0 Å². The molecule has 0 fully saturated rings. The second-order valence-corrected chi connectivity index (χ2v) is 3.67. The van der Waals surface area contributed by atoms with Crippen LogP contribution in [0.1, 0.15) is 18.6 Å². The van der Waals surface area contributed by atoms with E-state index >= 15 is 0 Å². The van der Waals surface area contributed by atoms with Crippen molar-refractivity contribution in [3.63, 3.8) is 0 Å². The van der Waals surface area contributed by atoms with Gasteiger partial charge in [0, 0.05) is 11.6 Å². The Labute approximate surface area is 92.6 Å². The van der Waals surface area contributed by atoms with Crippen LogP contribution in [0.2, 0.25) is 5.02 Å². The van der Waals surface area contributed by atoms with Crippen LogP contribution in [0.5, 0.6) is 5.75 Å². The maximum Gasteiger partial charge on any atom is 0.151 e. The molecule has 0 aliphatic carbocycles. The Bertz CT molecular complexity index is 358. The highest BCUT2D eigenvalue weighted by Crippen LogP contribution is 2.32. The molecule has 2 atom stereocenters. The van der Waals surface area contributed by atoms with Crippen molar-refractivity contribution in [3.8, 4) is 5.75 Å². The molecule has 84 valence electrons. The minimum atomic E-state index is -1.08. The monoisotopic (exact) mass is 233 g/mol. The quantitative estimate of drug-likeness (QED) is 0.838.